The van der Waals surface area contributed by atoms with Gasteiger partial charge < -0.3 is 4.90 Å². The van der Waals surface area contributed by atoms with Gasteiger partial charge in [0.25, 0.3) is 5.91 Å². The summed E-state index contributed by atoms with van der Waals surface area (Å²) in [4.78, 5) is 22.6. The molecule has 0 N–H and O–H groups in total. The summed E-state index contributed by atoms with van der Waals surface area (Å²) in [5.41, 5.74) is 1.10. The molecule has 1 heterocycles. The van der Waals surface area contributed by atoms with E-state index in [9.17, 15) is 13.2 Å². The SMILES string of the molecule is CCCCN(CCCC)S(=O)(=O)c1ccc(C(=O)N(CCN(CC)CC)c2nc3c(Cl)cccc3s2)cc1. The van der Waals surface area contributed by atoms with E-state index in [4.69, 9.17) is 16.6 Å². The first-order valence-electron chi connectivity index (χ1n) is 13.5. The fourth-order valence-electron chi connectivity index (χ4n) is 4.18. The Bertz CT molecular complexity index is 1280. The van der Waals surface area contributed by atoms with Gasteiger partial charge in [-0.1, -0.05) is 69.5 Å². The van der Waals surface area contributed by atoms with E-state index in [0.717, 1.165) is 43.5 Å². The van der Waals surface area contributed by atoms with Gasteiger partial charge in [0.05, 0.1) is 14.6 Å². The third kappa shape index (κ3) is 7.33. The number of rotatable bonds is 15. The molecule has 0 aliphatic carbocycles. The van der Waals surface area contributed by atoms with Crippen LogP contribution < -0.4 is 4.90 Å². The number of carbonyl (C=O) groups excluding carboxylic acids is 1. The highest BCUT2D eigenvalue weighted by atomic mass is 35.5. The van der Waals surface area contributed by atoms with Gasteiger partial charge in [0.15, 0.2) is 5.13 Å². The highest BCUT2D eigenvalue weighted by Crippen LogP contribution is 2.33. The molecule has 0 radical (unpaired) electrons. The first kappa shape index (κ1) is 30.5. The van der Waals surface area contributed by atoms with Gasteiger partial charge in [-0.25, -0.2) is 13.4 Å². The molecule has 0 unspecified atom stereocenters. The number of thiazole rings is 1. The molecule has 38 heavy (non-hydrogen) atoms. The van der Waals surface area contributed by atoms with Crippen LogP contribution in [0.15, 0.2) is 47.4 Å². The Morgan fingerprint density at radius 1 is 0.895 bits per heavy atom. The van der Waals surface area contributed by atoms with Crippen LogP contribution in [0, 0.1) is 0 Å². The van der Waals surface area contributed by atoms with Crippen molar-refractivity contribution < 1.29 is 13.2 Å². The Hall–Kier alpha value is -2.04. The maximum atomic E-state index is 13.8. The number of aromatic nitrogens is 1. The second-order valence-corrected chi connectivity index (χ2v) is 12.6. The molecule has 2 aromatic carbocycles. The molecule has 0 saturated carbocycles. The normalized spacial score (nSPS) is 12.1. The van der Waals surface area contributed by atoms with E-state index in [2.05, 4.69) is 32.6 Å². The maximum Gasteiger partial charge on any atom is 0.260 e. The number of likely N-dealkylation sites (N-methyl/N-ethyl adjacent to an activating group) is 1. The van der Waals surface area contributed by atoms with Crippen LogP contribution in [0.25, 0.3) is 10.2 Å². The third-order valence-electron chi connectivity index (χ3n) is 6.63. The van der Waals surface area contributed by atoms with Gasteiger partial charge >= 0.3 is 0 Å². The Morgan fingerprint density at radius 2 is 1.53 bits per heavy atom. The monoisotopic (exact) mass is 578 g/mol. The number of unbranched alkanes of at least 4 members (excludes halogenated alkanes) is 2. The molecule has 0 atom stereocenters. The number of fused-ring (bicyclic) bond motifs is 1. The Kier molecular flexibility index (Phi) is 11.5. The van der Waals surface area contributed by atoms with Crippen molar-refractivity contribution in [2.75, 3.05) is 44.2 Å². The molecule has 0 saturated heterocycles. The number of nitrogens with zero attached hydrogens (tertiary/aromatic N) is 4. The van der Waals surface area contributed by atoms with Gasteiger partial charge in [-0.3, -0.25) is 9.69 Å². The van der Waals surface area contributed by atoms with Crippen LogP contribution in [0.4, 0.5) is 5.13 Å². The standard InChI is InChI=1S/C28H39ClN4O3S2/c1-5-9-18-32(19-10-6-2)38(35,36)23-16-14-22(15-17-23)27(34)33(21-20-31(7-3)8-4)28-30-26-24(29)12-11-13-25(26)37-28/h11-17H,5-10,18-21H2,1-4H3. The largest absolute Gasteiger partial charge is 0.302 e. The maximum absolute atomic E-state index is 13.8. The van der Waals surface area contributed by atoms with Gasteiger partial charge in [-0.05, 0) is 62.3 Å². The minimum absolute atomic E-state index is 0.211. The first-order valence-corrected chi connectivity index (χ1v) is 16.1. The number of amides is 1. The number of hydrogen-bond donors (Lipinski definition) is 0. The number of sulfonamides is 1. The third-order valence-corrected chi connectivity index (χ3v) is 9.89. The molecule has 0 fully saturated rings. The topological polar surface area (TPSA) is 73.8 Å². The average molecular weight is 579 g/mol. The lowest BCUT2D eigenvalue weighted by atomic mass is 10.2. The lowest BCUT2D eigenvalue weighted by molar-refractivity contribution is 0.0983. The lowest BCUT2D eigenvalue weighted by Crippen LogP contribution is -2.39. The predicted octanol–water partition coefficient (Wildman–Crippen LogP) is 6.53. The Balaban J connectivity index is 1.91. The van der Waals surface area contributed by atoms with Gasteiger partial charge in [-0.2, -0.15) is 4.31 Å². The molecular formula is C28H39ClN4O3S2. The minimum atomic E-state index is -3.63. The highest BCUT2D eigenvalue weighted by Gasteiger charge is 2.26. The number of carbonyl (C=O) groups is 1. The molecule has 3 rings (SSSR count). The van der Waals surface area contributed by atoms with Crippen molar-refractivity contribution in [2.45, 2.75) is 58.3 Å². The predicted molar refractivity (Wildman–Crippen MR) is 159 cm³/mol. The van der Waals surface area contributed by atoms with Crippen molar-refractivity contribution in [1.29, 1.82) is 0 Å². The summed E-state index contributed by atoms with van der Waals surface area (Å²) < 4.78 is 29.2. The molecule has 7 nitrogen and oxygen atoms in total. The van der Waals surface area contributed by atoms with Gasteiger partial charge in [0.2, 0.25) is 10.0 Å². The Morgan fingerprint density at radius 3 is 2.08 bits per heavy atom. The van der Waals surface area contributed by atoms with Crippen molar-refractivity contribution in [3.8, 4) is 0 Å². The minimum Gasteiger partial charge on any atom is -0.302 e. The highest BCUT2D eigenvalue weighted by molar-refractivity contribution is 7.89. The quantitative estimate of drug-likeness (QED) is 0.205. The second-order valence-electron chi connectivity index (χ2n) is 9.20. The number of hydrogen-bond acceptors (Lipinski definition) is 6. The number of benzene rings is 2. The van der Waals surface area contributed by atoms with E-state index < -0.39 is 10.0 Å². The van der Waals surface area contributed by atoms with Gasteiger partial charge in [0.1, 0.15) is 5.52 Å². The molecule has 0 aliphatic rings. The van der Waals surface area contributed by atoms with Crippen LogP contribution >= 0.6 is 22.9 Å². The van der Waals surface area contributed by atoms with Crippen molar-refractivity contribution >= 4 is 54.2 Å². The average Bonchev–Trinajstić information content (AvgIpc) is 3.36. The van der Waals surface area contributed by atoms with Crippen LogP contribution in [0.1, 0.15) is 63.7 Å². The summed E-state index contributed by atoms with van der Waals surface area (Å²) in [6, 6.07) is 11.9. The van der Waals surface area contributed by atoms with Gasteiger partial charge in [0, 0.05) is 31.7 Å². The summed E-state index contributed by atoms with van der Waals surface area (Å²) in [7, 11) is -3.63. The summed E-state index contributed by atoms with van der Waals surface area (Å²) in [5, 5.41) is 1.12. The zero-order chi connectivity index (χ0) is 27.7. The van der Waals surface area contributed by atoms with Crippen LogP contribution in [0.3, 0.4) is 0 Å². The Labute approximate surface area is 236 Å². The summed E-state index contributed by atoms with van der Waals surface area (Å²) in [5.74, 6) is -0.217. The zero-order valence-electron chi connectivity index (χ0n) is 22.8. The van der Waals surface area contributed by atoms with E-state index in [0.29, 0.717) is 47.4 Å². The molecule has 10 heteroatoms. The van der Waals surface area contributed by atoms with Crippen LogP contribution in [-0.2, 0) is 10.0 Å². The van der Waals surface area contributed by atoms with E-state index in [1.807, 2.05) is 12.1 Å². The number of para-hydroxylation sites is 1. The van der Waals surface area contributed by atoms with Crippen LogP contribution in [-0.4, -0.2) is 67.8 Å². The first-order chi connectivity index (χ1) is 18.3. The molecule has 0 spiro atoms. The molecule has 1 amide bonds. The van der Waals surface area contributed by atoms with Crippen LogP contribution in [0.5, 0.6) is 0 Å². The summed E-state index contributed by atoms with van der Waals surface area (Å²) in [6.07, 6.45) is 3.47. The lowest BCUT2D eigenvalue weighted by Gasteiger charge is -2.25. The number of halogens is 1. The molecule has 0 bridgehead atoms. The van der Waals surface area contributed by atoms with Crippen molar-refractivity contribution in [2.24, 2.45) is 0 Å². The molecule has 208 valence electrons. The van der Waals surface area contributed by atoms with E-state index in [-0.39, 0.29) is 10.8 Å². The van der Waals surface area contributed by atoms with Crippen molar-refractivity contribution in [3.05, 3.63) is 53.1 Å². The smallest absolute Gasteiger partial charge is 0.260 e. The zero-order valence-corrected chi connectivity index (χ0v) is 25.2. The van der Waals surface area contributed by atoms with E-state index >= 15 is 0 Å². The van der Waals surface area contributed by atoms with Crippen LogP contribution in [0.2, 0.25) is 5.02 Å². The molecular weight excluding hydrogens is 540 g/mol. The fourth-order valence-corrected chi connectivity index (χ4v) is 6.99. The molecule has 3 aromatic rings. The molecule has 0 aliphatic heterocycles. The van der Waals surface area contributed by atoms with Crippen molar-refractivity contribution in [1.82, 2.24) is 14.2 Å². The van der Waals surface area contributed by atoms with Crippen molar-refractivity contribution in [3.63, 3.8) is 0 Å². The number of anilines is 1. The van der Waals surface area contributed by atoms with Gasteiger partial charge in [-0.15, -0.1) is 0 Å². The second kappa shape index (κ2) is 14.4. The molecule has 1 aromatic heterocycles. The fraction of sp³-hybridized carbons (Fsp3) is 0.500. The summed E-state index contributed by atoms with van der Waals surface area (Å²) >= 11 is 7.79. The van der Waals surface area contributed by atoms with E-state index in [1.165, 1.54) is 11.3 Å². The summed E-state index contributed by atoms with van der Waals surface area (Å²) in [6.45, 7) is 12.2. The van der Waals surface area contributed by atoms with E-state index in [1.54, 1.807) is 39.5 Å².